The van der Waals surface area contributed by atoms with Crippen molar-refractivity contribution in [2.24, 2.45) is 7.05 Å². The first-order chi connectivity index (χ1) is 22.5. The van der Waals surface area contributed by atoms with E-state index < -0.39 is 0 Å². The van der Waals surface area contributed by atoms with Gasteiger partial charge < -0.3 is 20.7 Å². The predicted octanol–water partition coefficient (Wildman–Crippen LogP) is 5.02. The highest BCUT2D eigenvalue weighted by atomic mass is 16.5. The molecule has 0 spiro atoms. The van der Waals surface area contributed by atoms with Gasteiger partial charge in [0.25, 0.3) is 0 Å². The van der Waals surface area contributed by atoms with Crippen LogP contribution in [0.4, 0.5) is 22.4 Å². The molecular weight excluding hydrogens is 580 g/mol. The number of amides is 2. The second kappa shape index (κ2) is 13.1. The first-order valence-electron chi connectivity index (χ1n) is 16.0. The molecule has 1 saturated carbocycles. The lowest BCUT2D eigenvalue weighted by molar-refractivity contribution is 0.102. The second-order valence-electron chi connectivity index (χ2n) is 12.4. The zero-order chi connectivity index (χ0) is 31.5. The molecule has 3 aromatic heterocycles. The number of aromatic nitrogens is 5. The summed E-state index contributed by atoms with van der Waals surface area (Å²) in [6, 6.07) is 16.1. The molecule has 1 aliphatic carbocycles. The molecule has 2 aliphatic heterocycles. The van der Waals surface area contributed by atoms with Crippen molar-refractivity contribution >= 4 is 23.6 Å². The van der Waals surface area contributed by atoms with Gasteiger partial charge in [-0.25, -0.2) is 14.8 Å². The number of nitrogens with zero attached hydrogens (tertiary/aromatic N) is 7. The number of ether oxygens (including phenoxy) is 1. The van der Waals surface area contributed by atoms with Crippen LogP contribution in [-0.2, 0) is 18.3 Å². The number of urea groups is 1. The van der Waals surface area contributed by atoms with Gasteiger partial charge in [-0.3, -0.25) is 9.58 Å². The maximum atomic E-state index is 13.7. The fourth-order valence-corrected chi connectivity index (χ4v) is 6.85. The summed E-state index contributed by atoms with van der Waals surface area (Å²) in [6.45, 7) is 0.432. The minimum Gasteiger partial charge on any atom is -0.373 e. The minimum atomic E-state index is -0.169. The number of carbonyl (C=O) groups excluding carboxylic acids is 1. The Hall–Kier alpha value is -5.02. The molecule has 0 radical (unpaired) electrons. The fourth-order valence-electron chi connectivity index (χ4n) is 6.85. The van der Waals surface area contributed by atoms with Crippen LogP contribution < -0.4 is 20.9 Å². The largest absolute Gasteiger partial charge is 0.373 e. The number of nitriles is 1. The second-order valence-corrected chi connectivity index (χ2v) is 12.4. The van der Waals surface area contributed by atoms with Crippen molar-refractivity contribution in [3.63, 3.8) is 0 Å². The third-order valence-electron chi connectivity index (χ3n) is 9.27. The van der Waals surface area contributed by atoms with E-state index in [1.165, 1.54) is 0 Å². The SMILES string of the molecule is Cn1cc(-c2ccc(N(C(=O)NCc3ccccc3)C3CCC(Nc4ncc(C#N)c(NC5CC6CCC5O6)n4)CC3)nc2)cn1. The molecule has 3 aliphatic rings. The summed E-state index contributed by atoms with van der Waals surface area (Å²) in [6.07, 6.45) is 13.9. The van der Waals surface area contributed by atoms with Crippen LogP contribution in [0.5, 0.6) is 0 Å². The quantitative estimate of drug-likeness (QED) is 0.235. The average Bonchev–Trinajstić information content (AvgIpc) is 3.84. The predicted molar refractivity (Wildman–Crippen MR) is 174 cm³/mol. The molecule has 3 atom stereocenters. The molecule has 3 N–H and O–H groups in total. The topological polar surface area (TPSA) is 146 Å². The van der Waals surface area contributed by atoms with Crippen molar-refractivity contribution in [3.8, 4) is 17.2 Å². The van der Waals surface area contributed by atoms with E-state index in [2.05, 4.69) is 32.1 Å². The number of benzene rings is 1. The lowest BCUT2D eigenvalue weighted by Gasteiger charge is -2.36. The van der Waals surface area contributed by atoms with Gasteiger partial charge in [0.15, 0.2) is 0 Å². The molecule has 12 heteroatoms. The smallest absolute Gasteiger partial charge is 0.323 e. The Kier molecular flexibility index (Phi) is 8.48. The van der Waals surface area contributed by atoms with Crippen LogP contribution in [0.25, 0.3) is 11.1 Å². The number of hydrogen-bond acceptors (Lipinski definition) is 9. The Balaban J connectivity index is 1.03. The first kappa shape index (κ1) is 29.7. The van der Waals surface area contributed by atoms with E-state index in [9.17, 15) is 10.1 Å². The van der Waals surface area contributed by atoms with E-state index in [-0.39, 0.29) is 30.3 Å². The van der Waals surface area contributed by atoms with Crippen LogP contribution in [0, 0.1) is 11.3 Å². The van der Waals surface area contributed by atoms with Crippen molar-refractivity contribution in [2.75, 3.05) is 15.5 Å². The van der Waals surface area contributed by atoms with Crippen LogP contribution in [0.15, 0.2) is 67.3 Å². The summed E-state index contributed by atoms with van der Waals surface area (Å²) in [5.41, 5.74) is 3.38. The zero-order valence-electron chi connectivity index (χ0n) is 25.8. The van der Waals surface area contributed by atoms with E-state index in [0.717, 1.165) is 61.6 Å². The molecule has 3 unspecified atom stereocenters. The summed E-state index contributed by atoms with van der Waals surface area (Å²) < 4.78 is 7.74. The number of pyridine rings is 1. The molecule has 236 valence electrons. The van der Waals surface area contributed by atoms with Gasteiger partial charge in [0.1, 0.15) is 23.3 Å². The van der Waals surface area contributed by atoms with Gasteiger partial charge in [-0.15, -0.1) is 0 Å². The normalized spacial score (nSPS) is 23.4. The standard InChI is InChI=1S/C34H38N10O2/c1-43-21-25(20-39-43)23-7-14-31(36-18-23)44(34(45)38-17-22-5-3-2-4-6-22)27-10-8-26(9-11-27)40-33-37-19-24(16-35)32(42-33)41-29-15-28-12-13-30(29)46-28/h2-7,14,18-21,26-30H,8-13,15,17H2,1H3,(H,38,45)(H2,37,40,41,42). The maximum absolute atomic E-state index is 13.7. The molecular formula is C34H38N10O2. The number of hydrogen-bond donors (Lipinski definition) is 3. The highest BCUT2D eigenvalue weighted by Gasteiger charge is 2.41. The van der Waals surface area contributed by atoms with E-state index in [1.54, 1.807) is 23.3 Å². The molecule has 5 heterocycles. The van der Waals surface area contributed by atoms with Crippen molar-refractivity contribution in [3.05, 3.63) is 78.4 Å². The number of fused-ring (bicyclic) bond motifs is 2. The first-order valence-corrected chi connectivity index (χ1v) is 16.0. The Morgan fingerprint density at radius 1 is 1.00 bits per heavy atom. The Labute approximate surface area is 268 Å². The summed E-state index contributed by atoms with van der Waals surface area (Å²) in [5, 5.41) is 24.0. The van der Waals surface area contributed by atoms with Gasteiger partial charge in [0, 0.05) is 49.2 Å². The monoisotopic (exact) mass is 618 g/mol. The molecule has 1 aromatic carbocycles. The van der Waals surface area contributed by atoms with Crippen LogP contribution in [0.3, 0.4) is 0 Å². The lowest BCUT2D eigenvalue weighted by atomic mass is 9.90. The zero-order valence-corrected chi connectivity index (χ0v) is 25.8. The summed E-state index contributed by atoms with van der Waals surface area (Å²) in [7, 11) is 1.88. The highest BCUT2D eigenvalue weighted by molar-refractivity contribution is 5.91. The van der Waals surface area contributed by atoms with E-state index in [4.69, 9.17) is 14.7 Å². The fraction of sp³-hybridized carbons (Fsp3) is 0.412. The van der Waals surface area contributed by atoms with Crippen molar-refractivity contribution in [1.29, 1.82) is 5.26 Å². The van der Waals surface area contributed by atoms with Gasteiger partial charge in [0.2, 0.25) is 5.95 Å². The number of nitrogens with one attached hydrogen (secondary N) is 3. The van der Waals surface area contributed by atoms with Gasteiger partial charge in [-0.1, -0.05) is 30.3 Å². The minimum absolute atomic E-state index is 0.0255. The van der Waals surface area contributed by atoms with Gasteiger partial charge in [-0.2, -0.15) is 15.3 Å². The Morgan fingerprint density at radius 2 is 1.85 bits per heavy atom. The van der Waals surface area contributed by atoms with Crippen LogP contribution >= 0.6 is 0 Å². The molecule has 12 nitrogen and oxygen atoms in total. The van der Waals surface area contributed by atoms with Crippen molar-refractivity contribution in [2.45, 2.75) is 81.8 Å². The molecule has 3 fully saturated rings. The molecule has 46 heavy (non-hydrogen) atoms. The van der Waals surface area contributed by atoms with Crippen LogP contribution in [0.1, 0.15) is 56.1 Å². The Morgan fingerprint density at radius 3 is 2.52 bits per heavy atom. The van der Waals surface area contributed by atoms with Crippen LogP contribution in [-0.4, -0.2) is 61.1 Å². The number of carbonyl (C=O) groups is 1. The maximum Gasteiger partial charge on any atom is 0.323 e. The number of rotatable bonds is 9. The summed E-state index contributed by atoms with van der Waals surface area (Å²) in [4.78, 5) is 29.4. The molecule has 2 amide bonds. The third kappa shape index (κ3) is 6.50. The summed E-state index contributed by atoms with van der Waals surface area (Å²) >= 11 is 0. The molecule has 7 rings (SSSR count). The van der Waals surface area contributed by atoms with E-state index in [1.807, 2.05) is 60.6 Å². The van der Waals surface area contributed by atoms with E-state index in [0.29, 0.717) is 35.8 Å². The number of anilines is 3. The summed E-state index contributed by atoms with van der Waals surface area (Å²) in [5.74, 6) is 1.67. The third-order valence-corrected chi connectivity index (χ3v) is 9.27. The molecule has 2 saturated heterocycles. The number of aryl methyl sites for hydroxylation is 1. The van der Waals surface area contributed by atoms with Gasteiger partial charge >= 0.3 is 6.03 Å². The van der Waals surface area contributed by atoms with Gasteiger partial charge in [0.05, 0.1) is 30.6 Å². The average molecular weight is 619 g/mol. The Bertz CT molecular complexity index is 1700. The van der Waals surface area contributed by atoms with E-state index >= 15 is 0 Å². The molecule has 2 bridgehead atoms. The van der Waals surface area contributed by atoms with Gasteiger partial charge in [-0.05, 0) is 62.6 Å². The molecule has 4 aromatic rings. The van der Waals surface area contributed by atoms with Crippen molar-refractivity contribution < 1.29 is 9.53 Å². The van der Waals surface area contributed by atoms with Crippen molar-refractivity contribution in [1.82, 2.24) is 30.0 Å². The lowest BCUT2D eigenvalue weighted by Crippen LogP contribution is -2.49. The van der Waals surface area contributed by atoms with Crippen LogP contribution in [0.2, 0.25) is 0 Å². The highest BCUT2D eigenvalue weighted by Crippen LogP contribution is 2.36.